The van der Waals surface area contributed by atoms with Crippen LogP contribution >= 0.6 is 11.6 Å². The van der Waals surface area contributed by atoms with Gasteiger partial charge in [0.25, 0.3) is 0 Å². The first-order chi connectivity index (χ1) is 9.10. The van der Waals surface area contributed by atoms with E-state index in [1.165, 1.54) is 6.42 Å². The number of nitrogens with one attached hydrogen (secondary N) is 1. The van der Waals surface area contributed by atoms with Crippen LogP contribution in [0.2, 0.25) is 5.02 Å². The van der Waals surface area contributed by atoms with E-state index in [0.717, 1.165) is 35.7 Å². The van der Waals surface area contributed by atoms with Crippen molar-refractivity contribution in [1.29, 1.82) is 0 Å². The number of aryl methyl sites for hydroxylation is 2. The normalized spacial score (nSPS) is 31.1. The Hall–Kier alpha value is -0.620. The molecule has 3 N–H and O–H groups in total. The Bertz CT molecular complexity index is 475. The van der Waals surface area contributed by atoms with Crippen LogP contribution in [0.15, 0.2) is 0 Å². The first-order valence-corrected chi connectivity index (χ1v) is 7.27. The highest BCUT2D eigenvalue weighted by atomic mass is 35.5. The van der Waals surface area contributed by atoms with Crippen LogP contribution < -0.4 is 11.3 Å². The van der Waals surface area contributed by atoms with Gasteiger partial charge in [-0.2, -0.15) is 5.10 Å². The predicted molar refractivity (Wildman–Crippen MR) is 73.8 cm³/mol. The van der Waals surface area contributed by atoms with E-state index in [9.17, 15) is 0 Å². The summed E-state index contributed by atoms with van der Waals surface area (Å²) in [5, 5.41) is 5.11. The smallest absolute Gasteiger partial charge is 0.0847 e. The predicted octanol–water partition coefficient (Wildman–Crippen LogP) is 1.32. The van der Waals surface area contributed by atoms with Gasteiger partial charge in [0.05, 0.1) is 28.6 Å². The summed E-state index contributed by atoms with van der Waals surface area (Å²) in [6.07, 6.45) is 5.06. The third kappa shape index (κ3) is 2.29. The lowest BCUT2D eigenvalue weighted by atomic mass is 9.82. The standard InChI is InChI=1S/C13H21ClN4O/c1-7-13(14)11(18(2)17-7)6-10(16-15)9-5-8-3-4-12(9)19-8/h8-10,12,16H,3-6,15H2,1-2H3. The van der Waals surface area contributed by atoms with E-state index in [4.69, 9.17) is 22.2 Å². The molecule has 0 saturated carbocycles. The second kappa shape index (κ2) is 5.05. The van der Waals surface area contributed by atoms with Crippen molar-refractivity contribution in [1.82, 2.24) is 15.2 Å². The summed E-state index contributed by atoms with van der Waals surface area (Å²) in [6, 6.07) is 0.197. The molecule has 0 aromatic carbocycles. The molecular formula is C13H21ClN4O. The molecule has 2 aliphatic rings. The van der Waals surface area contributed by atoms with Crippen molar-refractivity contribution < 1.29 is 4.74 Å². The molecule has 0 aliphatic carbocycles. The van der Waals surface area contributed by atoms with Gasteiger partial charge < -0.3 is 4.74 Å². The van der Waals surface area contributed by atoms with Crippen molar-refractivity contribution in [2.75, 3.05) is 0 Å². The number of nitrogens with zero attached hydrogens (tertiary/aromatic N) is 2. The number of hydrogen-bond acceptors (Lipinski definition) is 4. The Labute approximate surface area is 118 Å². The van der Waals surface area contributed by atoms with Gasteiger partial charge in [0.15, 0.2) is 0 Å². The molecule has 2 aliphatic heterocycles. The van der Waals surface area contributed by atoms with Crippen molar-refractivity contribution in [3.63, 3.8) is 0 Å². The van der Waals surface area contributed by atoms with Crippen molar-refractivity contribution in [3.05, 3.63) is 16.4 Å². The van der Waals surface area contributed by atoms with E-state index in [2.05, 4.69) is 10.5 Å². The van der Waals surface area contributed by atoms with Gasteiger partial charge >= 0.3 is 0 Å². The highest BCUT2D eigenvalue weighted by Gasteiger charge is 2.44. The molecule has 3 heterocycles. The highest BCUT2D eigenvalue weighted by Crippen LogP contribution is 2.41. The Morgan fingerprint density at radius 3 is 2.84 bits per heavy atom. The number of aromatic nitrogens is 2. The first kappa shape index (κ1) is 13.4. The maximum absolute atomic E-state index is 6.32. The van der Waals surface area contributed by atoms with E-state index >= 15 is 0 Å². The molecule has 2 bridgehead atoms. The Morgan fingerprint density at radius 1 is 1.58 bits per heavy atom. The second-order valence-electron chi connectivity index (χ2n) is 5.72. The fourth-order valence-corrected chi connectivity index (χ4v) is 3.78. The molecule has 3 rings (SSSR count). The average molecular weight is 285 g/mol. The van der Waals surface area contributed by atoms with E-state index in [0.29, 0.717) is 18.1 Å². The molecular weight excluding hydrogens is 264 g/mol. The van der Waals surface area contributed by atoms with Gasteiger partial charge in [-0.3, -0.25) is 16.0 Å². The Balaban J connectivity index is 1.76. The number of rotatable bonds is 4. The zero-order valence-electron chi connectivity index (χ0n) is 11.4. The van der Waals surface area contributed by atoms with E-state index in [-0.39, 0.29) is 6.04 Å². The Morgan fingerprint density at radius 2 is 2.37 bits per heavy atom. The fraction of sp³-hybridized carbons (Fsp3) is 0.769. The van der Waals surface area contributed by atoms with Crippen molar-refractivity contribution in [2.45, 2.75) is 50.9 Å². The molecule has 1 aromatic heterocycles. The monoisotopic (exact) mass is 284 g/mol. The summed E-state index contributed by atoms with van der Waals surface area (Å²) in [6.45, 7) is 1.93. The summed E-state index contributed by atoms with van der Waals surface area (Å²) < 4.78 is 7.78. The average Bonchev–Trinajstić information content (AvgIpc) is 3.06. The quantitative estimate of drug-likeness (QED) is 0.647. The van der Waals surface area contributed by atoms with Crippen LogP contribution in [-0.4, -0.2) is 28.0 Å². The van der Waals surface area contributed by atoms with Gasteiger partial charge in [-0.05, 0) is 26.2 Å². The summed E-state index contributed by atoms with van der Waals surface area (Å²) in [5.74, 6) is 6.24. The summed E-state index contributed by atoms with van der Waals surface area (Å²) in [5.41, 5.74) is 4.88. The van der Waals surface area contributed by atoms with Crippen molar-refractivity contribution in [3.8, 4) is 0 Å². The lowest BCUT2D eigenvalue weighted by Crippen LogP contribution is -2.46. The lowest BCUT2D eigenvalue weighted by Gasteiger charge is -2.28. The molecule has 19 heavy (non-hydrogen) atoms. The van der Waals surface area contributed by atoms with Crippen molar-refractivity contribution in [2.24, 2.45) is 18.8 Å². The van der Waals surface area contributed by atoms with Crippen molar-refractivity contribution >= 4 is 11.6 Å². The Kier molecular flexibility index (Phi) is 3.55. The molecule has 2 fully saturated rings. The maximum atomic E-state index is 6.32. The topological polar surface area (TPSA) is 65.1 Å². The minimum absolute atomic E-state index is 0.197. The summed E-state index contributed by atoms with van der Waals surface area (Å²) in [7, 11) is 1.93. The largest absolute Gasteiger partial charge is 0.375 e. The minimum atomic E-state index is 0.197. The fourth-order valence-electron chi connectivity index (χ4n) is 3.54. The molecule has 4 atom stereocenters. The van der Waals surface area contributed by atoms with E-state index in [1.54, 1.807) is 0 Å². The van der Waals surface area contributed by atoms with Crippen LogP contribution in [-0.2, 0) is 18.2 Å². The molecule has 2 saturated heterocycles. The van der Waals surface area contributed by atoms with Crippen LogP contribution in [0.5, 0.6) is 0 Å². The number of nitrogens with two attached hydrogens (primary N) is 1. The summed E-state index contributed by atoms with van der Waals surface area (Å²) >= 11 is 6.32. The molecule has 4 unspecified atom stereocenters. The maximum Gasteiger partial charge on any atom is 0.0847 e. The van der Waals surface area contributed by atoms with Gasteiger partial charge in [0.1, 0.15) is 0 Å². The van der Waals surface area contributed by atoms with Crippen LogP contribution in [0.3, 0.4) is 0 Å². The zero-order valence-corrected chi connectivity index (χ0v) is 12.2. The minimum Gasteiger partial charge on any atom is -0.375 e. The van der Waals surface area contributed by atoms with Crippen LogP contribution in [0, 0.1) is 12.8 Å². The van der Waals surface area contributed by atoms with Gasteiger partial charge in [0.2, 0.25) is 0 Å². The lowest BCUT2D eigenvalue weighted by molar-refractivity contribution is 0.0855. The summed E-state index contributed by atoms with van der Waals surface area (Å²) in [4.78, 5) is 0. The molecule has 0 amide bonds. The molecule has 106 valence electrons. The van der Waals surface area contributed by atoms with E-state index < -0.39 is 0 Å². The SMILES string of the molecule is Cc1nn(C)c(CC(NN)C2CC3CCC2O3)c1Cl. The second-order valence-corrected chi connectivity index (χ2v) is 6.10. The van der Waals surface area contributed by atoms with Gasteiger partial charge in [-0.15, -0.1) is 0 Å². The van der Waals surface area contributed by atoms with Gasteiger partial charge in [-0.1, -0.05) is 11.6 Å². The van der Waals surface area contributed by atoms with Crippen LogP contribution in [0.4, 0.5) is 0 Å². The molecule has 6 heteroatoms. The third-order valence-corrected chi connectivity index (χ3v) is 5.05. The van der Waals surface area contributed by atoms with E-state index in [1.807, 2.05) is 18.7 Å². The van der Waals surface area contributed by atoms with Crippen LogP contribution in [0.1, 0.15) is 30.7 Å². The van der Waals surface area contributed by atoms with Gasteiger partial charge in [0, 0.05) is 25.4 Å². The number of hydrazine groups is 1. The molecule has 5 nitrogen and oxygen atoms in total. The molecule has 0 radical (unpaired) electrons. The number of halogens is 1. The first-order valence-electron chi connectivity index (χ1n) is 6.89. The number of ether oxygens (including phenoxy) is 1. The number of hydrogen-bond donors (Lipinski definition) is 2. The van der Waals surface area contributed by atoms with Crippen LogP contribution in [0.25, 0.3) is 0 Å². The molecule has 0 spiro atoms. The third-order valence-electron chi connectivity index (χ3n) is 4.56. The number of fused-ring (bicyclic) bond motifs is 2. The highest BCUT2D eigenvalue weighted by molar-refractivity contribution is 6.31. The van der Waals surface area contributed by atoms with Gasteiger partial charge in [-0.25, -0.2) is 0 Å². The zero-order chi connectivity index (χ0) is 13.6. The molecule has 1 aromatic rings.